The van der Waals surface area contributed by atoms with Gasteiger partial charge in [0.25, 0.3) is 0 Å². The molecule has 0 unspecified atom stereocenters. The molecule has 0 saturated carbocycles. The summed E-state index contributed by atoms with van der Waals surface area (Å²) in [5, 5.41) is -1.89. The van der Waals surface area contributed by atoms with E-state index in [1.807, 2.05) is 0 Å². The highest BCUT2D eigenvalue weighted by molar-refractivity contribution is 6.12. The first-order chi connectivity index (χ1) is 31.9. The van der Waals surface area contributed by atoms with E-state index in [1.165, 1.54) is 33.4 Å². The van der Waals surface area contributed by atoms with E-state index in [9.17, 15) is 6.85 Å². The van der Waals surface area contributed by atoms with Crippen molar-refractivity contribution in [3.05, 3.63) is 163 Å². The highest BCUT2D eigenvalue weighted by atomic mass is 15.0. The molecular weight excluding hydrogens is 546 g/mol. The Hall–Kier alpha value is -6.06. The largest absolute Gasteiger partial charge is 0.309 e. The third-order valence-corrected chi connectivity index (χ3v) is 7.78. The van der Waals surface area contributed by atoms with E-state index in [4.69, 9.17) is 24.7 Å². The molecule has 3 heteroatoms. The first-order valence-electron chi connectivity index (χ1n) is 25.1. The maximum absolute atomic E-state index is 9.87. The van der Waals surface area contributed by atoms with Crippen molar-refractivity contribution in [2.75, 3.05) is 0 Å². The number of fused-ring (bicyclic) bond motifs is 9. The molecule has 0 spiro atoms. The normalized spacial score (nSPS) is 19.2. The minimum absolute atomic E-state index is 0.0160. The van der Waals surface area contributed by atoms with Gasteiger partial charge in [0.15, 0.2) is 0 Å². The summed E-state index contributed by atoms with van der Waals surface area (Å²) in [5.41, 5.74) is -2.67. The summed E-state index contributed by atoms with van der Waals surface area (Å²) in [4.78, 5) is 0. The maximum Gasteiger partial charge on any atom is 0.0652 e. The smallest absolute Gasteiger partial charge is 0.0652 e. The Morgan fingerprint density at radius 2 is 0.667 bits per heavy atom. The van der Waals surface area contributed by atoms with Gasteiger partial charge in [0.1, 0.15) is 0 Å². The molecule has 0 aliphatic rings. The predicted octanol–water partition coefficient (Wildman–Crippen LogP) is 11.0. The van der Waals surface area contributed by atoms with Gasteiger partial charge in [0.05, 0.1) is 64.6 Å². The summed E-state index contributed by atoms with van der Waals surface area (Å²) in [5.74, 6) is 0. The van der Waals surface area contributed by atoms with Gasteiger partial charge < -0.3 is 13.7 Å². The average Bonchev–Trinajstić information content (AvgIpc) is 4.00. The van der Waals surface area contributed by atoms with Crippen LogP contribution in [0.25, 0.3) is 82.5 Å². The van der Waals surface area contributed by atoms with E-state index in [0.717, 1.165) is 4.57 Å². The zero-order valence-corrected chi connectivity index (χ0v) is 22.7. The molecule has 7 aromatic carbocycles. The summed E-state index contributed by atoms with van der Waals surface area (Å²) in [6.07, 6.45) is 0. The number of aromatic nitrogens is 3. The maximum atomic E-state index is 9.87. The molecular formula is C42H27N3. The molecule has 0 aliphatic heterocycles. The number of hydrogen-bond acceptors (Lipinski definition) is 0. The SMILES string of the molecule is [2H]c1c([2H])c([2H])c2c(c1[2H])c1c([2H])c([2H])c([2H])c([2H])c1n2-c1cccc(-n2c3c([2H])c([2H])c([2H])c([2H])c3c3c([2H])c(-n4c5c([2H])c([2H])c([2H])c([2H])c5c5c([2H])c([2H])c([2H])c([2H])c54)c([2H])c([2H])c32)c1. The molecule has 10 rings (SSSR count). The standard InChI is InChI=1S/C42H27N3/c1-6-19-37-31(14-1)32-15-2-7-20-38(32)43(37)28-12-11-13-29(26-28)44-41-23-10-5-18-35(41)36-27-30(24-25-42(36)44)45-39-21-8-3-16-33(39)34-17-4-9-22-40(34)45/h1-27H/i1D,2D,3D,4D,5D,6D,7D,8D,9D,10D,14D,15D,16D,17D,18D,19D,20D,21D,22D,23D,24D,25D,27D. The Labute approximate surface area is 291 Å². The molecule has 0 atom stereocenters. The molecule has 45 heavy (non-hydrogen) atoms. The number of benzene rings is 7. The molecule has 0 N–H and O–H groups in total. The number of nitrogens with zero attached hydrogens (tertiary/aromatic N) is 3. The van der Waals surface area contributed by atoms with Crippen molar-refractivity contribution in [1.82, 2.24) is 13.7 Å². The quantitative estimate of drug-likeness (QED) is 0.193. The van der Waals surface area contributed by atoms with E-state index in [-0.39, 0.29) is 65.8 Å². The predicted molar refractivity (Wildman–Crippen MR) is 189 cm³/mol. The van der Waals surface area contributed by atoms with Gasteiger partial charge in [-0.2, -0.15) is 0 Å². The molecule has 3 nitrogen and oxygen atoms in total. The van der Waals surface area contributed by atoms with Crippen LogP contribution < -0.4 is 0 Å². The molecule has 0 saturated heterocycles. The van der Waals surface area contributed by atoms with Crippen LogP contribution in [-0.2, 0) is 0 Å². The molecule has 0 fully saturated rings. The van der Waals surface area contributed by atoms with Crippen molar-refractivity contribution < 1.29 is 31.5 Å². The third kappa shape index (κ3) is 3.41. The van der Waals surface area contributed by atoms with Crippen LogP contribution in [0.2, 0.25) is 0 Å². The number of rotatable bonds is 3. The van der Waals surface area contributed by atoms with Crippen molar-refractivity contribution in [2.24, 2.45) is 0 Å². The molecule has 3 aromatic heterocycles. The number of hydrogen-bond donors (Lipinski definition) is 0. The highest BCUT2D eigenvalue weighted by Gasteiger charge is 2.17. The van der Waals surface area contributed by atoms with Crippen LogP contribution in [0.15, 0.2) is 163 Å². The molecule has 0 radical (unpaired) electrons. The van der Waals surface area contributed by atoms with Gasteiger partial charge in [-0.25, -0.2) is 0 Å². The molecule has 0 amide bonds. The van der Waals surface area contributed by atoms with Crippen LogP contribution >= 0.6 is 0 Å². The monoisotopic (exact) mass is 596 g/mol. The Kier molecular flexibility index (Phi) is 2.28. The van der Waals surface area contributed by atoms with Crippen LogP contribution in [0.4, 0.5) is 0 Å². The first kappa shape index (κ1) is 11.1. The summed E-state index contributed by atoms with van der Waals surface area (Å²) in [6.45, 7) is 0. The topological polar surface area (TPSA) is 14.8 Å². The summed E-state index contributed by atoms with van der Waals surface area (Å²) >= 11 is 0. The lowest BCUT2D eigenvalue weighted by Crippen LogP contribution is -1.99. The molecule has 0 bridgehead atoms. The van der Waals surface area contributed by atoms with Gasteiger partial charge in [0.2, 0.25) is 0 Å². The van der Waals surface area contributed by atoms with Crippen LogP contribution in [0, 0.1) is 0 Å². The Morgan fingerprint density at radius 1 is 0.333 bits per heavy atom. The van der Waals surface area contributed by atoms with Crippen molar-refractivity contribution in [3.63, 3.8) is 0 Å². The van der Waals surface area contributed by atoms with Gasteiger partial charge >= 0.3 is 0 Å². The van der Waals surface area contributed by atoms with Crippen molar-refractivity contribution in [2.45, 2.75) is 0 Å². The summed E-state index contributed by atoms with van der Waals surface area (Å²) < 4.78 is 207. The first-order valence-corrected chi connectivity index (χ1v) is 13.6. The Balaban J connectivity index is 1.40. The fraction of sp³-hybridized carbons (Fsp3) is 0. The Bertz CT molecular complexity index is 3920. The molecule has 0 aliphatic carbocycles. The fourth-order valence-electron chi connectivity index (χ4n) is 5.97. The van der Waals surface area contributed by atoms with Crippen molar-refractivity contribution >= 4 is 65.4 Å². The molecule has 210 valence electrons. The van der Waals surface area contributed by atoms with E-state index in [0.29, 0.717) is 0 Å². The van der Waals surface area contributed by atoms with Gasteiger partial charge in [-0.05, 0) is 66.5 Å². The van der Waals surface area contributed by atoms with E-state index in [2.05, 4.69) is 0 Å². The minimum Gasteiger partial charge on any atom is -0.309 e. The van der Waals surface area contributed by atoms with Crippen LogP contribution in [0.5, 0.6) is 0 Å². The van der Waals surface area contributed by atoms with E-state index < -0.39 is 156 Å². The van der Waals surface area contributed by atoms with Crippen LogP contribution in [0.1, 0.15) is 31.5 Å². The highest BCUT2D eigenvalue weighted by Crippen LogP contribution is 2.38. The van der Waals surface area contributed by atoms with E-state index >= 15 is 0 Å². The van der Waals surface area contributed by atoms with Crippen LogP contribution in [0.3, 0.4) is 0 Å². The molecule has 3 heterocycles. The van der Waals surface area contributed by atoms with Gasteiger partial charge in [-0.3, -0.25) is 0 Å². The average molecular weight is 597 g/mol. The van der Waals surface area contributed by atoms with Gasteiger partial charge in [-0.15, -0.1) is 0 Å². The third-order valence-electron chi connectivity index (χ3n) is 7.78. The zero-order chi connectivity index (χ0) is 49.5. The lowest BCUT2D eigenvalue weighted by atomic mass is 10.1. The van der Waals surface area contributed by atoms with Gasteiger partial charge in [-0.1, -0.05) is 96.7 Å². The summed E-state index contributed by atoms with van der Waals surface area (Å²) in [7, 11) is 0. The van der Waals surface area contributed by atoms with Crippen molar-refractivity contribution in [3.8, 4) is 17.1 Å². The van der Waals surface area contributed by atoms with Crippen LogP contribution in [-0.4, -0.2) is 13.7 Å². The van der Waals surface area contributed by atoms with Crippen molar-refractivity contribution in [1.29, 1.82) is 0 Å². The minimum atomic E-state index is -0.828. The van der Waals surface area contributed by atoms with Gasteiger partial charge in [0, 0.05) is 49.4 Å². The second kappa shape index (κ2) is 9.22. The molecule has 10 aromatic rings. The summed E-state index contributed by atoms with van der Waals surface area (Å²) in [6, 6.07) is -10.5. The zero-order valence-electron chi connectivity index (χ0n) is 45.7. The van der Waals surface area contributed by atoms with E-state index in [1.54, 1.807) is 0 Å². The lowest BCUT2D eigenvalue weighted by Gasteiger charge is -2.13. The lowest BCUT2D eigenvalue weighted by molar-refractivity contribution is 1.13. The second-order valence-electron chi connectivity index (χ2n) is 10.1. The Morgan fingerprint density at radius 3 is 1.09 bits per heavy atom. The fourth-order valence-corrected chi connectivity index (χ4v) is 5.97. The second-order valence-corrected chi connectivity index (χ2v) is 10.1. The number of para-hydroxylation sites is 5.